The zero-order valence-electron chi connectivity index (χ0n) is 17.2. The van der Waals surface area contributed by atoms with E-state index in [9.17, 15) is 14.4 Å². The molecule has 9 nitrogen and oxygen atoms in total. The van der Waals surface area contributed by atoms with Crippen LogP contribution in [-0.2, 0) is 14.4 Å². The van der Waals surface area contributed by atoms with Crippen molar-refractivity contribution in [3.63, 3.8) is 0 Å². The number of aliphatic hydroxyl groups excluding tert-OH is 3. The molecule has 0 aliphatic rings. The quantitative estimate of drug-likeness (QED) is 0.343. The standard InChI is InChI=1S/C7H16O3.3C4H6O2/c1-6(2)7(3-8,4-9)5-10;3*1-3(2)4(5)6/h6,8-10H,3-5H2,1-2H3;3*1H2,2H3,(H,5,6). The molecule has 0 saturated heterocycles. The number of hydrogen-bond donors (Lipinski definition) is 6. The molecule has 0 spiro atoms. The summed E-state index contributed by atoms with van der Waals surface area (Å²) in [6.45, 7) is 17.0. The predicted molar refractivity (Wildman–Crippen MR) is 106 cm³/mol. The van der Waals surface area contributed by atoms with Gasteiger partial charge in [0, 0.05) is 22.1 Å². The molecule has 0 atom stereocenters. The van der Waals surface area contributed by atoms with Crippen LogP contribution in [0.15, 0.2) is 36.5 Å². The second-order valence-corrected chi connectivity index (χ2v) is 6.25. The van der Waals surface area contributed by atoms with Crippen LogP contribution in [0, 0.1) is 11.3 Å². The number of aliphatic hydroxyl groups is 3. The van der Waals surface area contributed by atoms with E-state index in [1.807, 2.05) is 13.8 Å². The lowest BCUT2D eigenvalue weighted by atomic mass is 9.79. The van der Waals surface area contributed by atoms with Gasteiger partial charge in [-0.1, -0.05) is 33.6 Å². The summed E-state index contributed by atoms with van der Waals surface area (Å²) in [5.74, 6) is -2.72. The van der Waals surface area contributed by atoms with Crippen molar-refractivity contribution in [1.82, 2.24) is 0 Å². The third-order valence-electron chi connectivity index (χ3n) is 3.26. The maximum Gasteiger partial charge on any atom is 0.330 e. The first-order valence-corrected chi connectivity index (χ1v) is 8.05. The Kier molecular flexibility index (Phi) is 21.2. The van der Waals surface area contributed by atoms with Gasteiger partial charge in [0.05, 0.1) is 19.8 Å². The Morgan fingerprint density at radius 1 is 0.679 bits per heavy atom. The number of carboxylic acid groups (broad SMARTS) is 3. The van der Waals surface area contributed by atoms with Crippen LogP contribution >= 0.6 is 0 Å². The maximum absolute atomic E-state index is 9.60. The van der Waals surface area contributed by atoms with E-state index in [-0.39, 0.29) is 42.5 Å². The molecule has 0 aromatic heterocycles. The molecule has 0 aromatic rings. The van der Waals surface area contributed by atoms with E-state index in [1.165, 1.54) is 20.8 Å². The summed E-state index contributed by atoms with van der Waals surface area (Å²) in [6.07, 6.45) is 0. The second kappa shape index (κ2) is 17.9. The fourth-order valence-electron chi connectivity index (χ4n) is 0.698. The van der Waals surface area contributed by atoms with Gasteiger partial charge in [0.1, 0.15) is 0 Å². The predicted octanol–water partition coefficient (Wildman–Crippen LogP) is 1.55. The Morgan fingerprint density at radius 2 is 0.821 bits per heavy atom. The zero-order valence-corrected chi connectivity index (χ0v) is 17.2. The summed E-state index contributed by atoms with van der Waals surface area (Å²) in [6, 6.07) is 0. The van der Waals surface area contributed by atoms with Gasteiger partial charge in [-0.05, 0) is 26.7 Å². The average molecular weight is 406 g/mol. The van der Waals surface area contributed by atoms with Gasteiger partial charge >= 0.3 is 17.9 Å². The third-order valence-corrected chi connectivity index (χ3v) is 3.26. The van der Waals surface area contributed by atoms with E-state index in [2.05, 4.69) is 19.7 Å². The first kappa shape index (κ1) is 33.1. The van der Waals surface area contributed by atoms with Crippen LogP contribution in [0.2, 0.25) is 0 Å². The summed E-state index contributed by atoms with van der Waals surface area (Å²) in [5, 5.41) is 50.2. The fourth-order valence-corrected chi connectivity index (χ4v) is 0.698. The third kappa shape index (κ3) is 19.8. The second-order valence-electron chi connectivity index (χ2n) is 6.25. The van der Waals surface area contributed by atoms with Crippen LogP contribution in [-0.4, -0.2) is 68.4 Å². The number of aliphatic carboxylic acids is 3. The van der Waals surface area contributed by atoms with Crippen molar-refractivity contribution in [2.75, 3.05) is 19.8 Å². The average Bonchev–Trinajstić information content (AvgIpc) is 2.58. The molecule has 0 bridgehead atoms. The van der Waals surface area contributed by atoms with Gasteiger partial charge in [-0.2, -0.15) is 0 Å². The van der Waals surface area contributed by atoms with Crippen molar-refractivity contribution in [1.29, 1.82) is 0 Å². The van der Waals surface area contributed by atoms with Crippen molar-refractivity contribution >= 4 is 17.9 Å². The van der Waals surface area contributed by atoms with E-state index in [1.54, 1.807) is 0 Å². The molecular weight excluding hydrogens is 372 g/mol. The van der Waals surface area contributed by atoms with Gasteiger partial charge < -0.3 is 30.6 Å². The van der Waals surface area contributed by atoms with Crippen molar-refractivity contribution in [3.8, 4) is 0 Å². The fraction of sp³-hybridized carbons (Fsp3) is 0.526. The van der Waals surface area contributed by atoms with Crippen LogP contribution in [0.5, 0.6) is 0 Å². The molecule has 0 fully saturated rings. The Morgan fingerprint density at radius 3 is 0.821 bits per heavy atom. The first-order chi connectivity index (χ1) is 12.6. The van der Waals surface area contributed by atoms with Gasteiger partial charge in [-0.25, -0.2) is 14.4 Å². The van der Waals surface area contributed by atoms with Gasteiger partial charge in [0.2, 0.25) is 0 Å². The minimum Gasteiger partial charge on any atom is -0.478 e. The number of rotatable bonds is 7. The van der Waals surface area contributed by atoms with E-state index in [0.29, 0.717) is 0 Å². The summed E-state index contributed by atoms with van der Waals surface area (Å²) >= 11 is 0. The number of hydrogen-bond acceptors (Lipinski definition) is 6. The molecule has 0 aliphatic heterocycles. The lowest BCUT2D eigenvalue weighted by Gasteiger charge is -2.31. The SMILES string of the molecule is C=C(C)C(=O)O.C=C(C)C(=O)O.C=C(C)C(=O)O.CC(C)C(CO)(CO)CO. The van der Waals surface area contributed by atoms with Crippen LogP contribution in [0.1, 0.15) is 34.6 Å². The van der Waals surface area contributed by atoms with Crippen molar-refractivity contribution in [3.05, 3.63) is 36.5 Å². The summed E-state index contributed by atoms with van der Waals surface area (Å²) in [7, 11) is 0. The van der Waals surface area contributed by atoms with Crippen molar-refractivity contribution in [2.24, 2.45) is 11.3 Å². The largest absolute Gasteiger partial charge is 0.478 e. The van der Waals surface area contributed by atoms with Crippen LogP contribution < -0.4 is 0 Å². The monoisotopic (exact) mass is 406 g/mol. The smallest absolute Gasteiger partial charge is 0.330 e. The highest BCUT2D eigenvalue weighted by molar-refractivity contribution is 5.85. The maximum atomic E-state index is 9.60. The molecule has 6 N–H and O–H groups in total. The molecule has 0 heterocycles. The highest BCUT2D eigenvalue weighted by Crippen LogP contribution is 2.25. The van der Waals surface area contributed by atoms with Crippen LogP contribution in [0.25, 0.3) is 0 Å². The van der Waals surface area contributed by atoms with Crippen molar-refractivity contribution in [2.45, 2.75) is 34.6 Å². The molecule has 164 valence electrons. The molecule has 0 unspecified atom stereocenters. The van der Waals surface area contributed by atoms with E-state index < -0.39 is 23.3 Å². The van der Waals surface area contributed by atoms with Gasteiger partial charge in [0.25, 0.3) is 0 Å². The molecule has 28 heavy (non-hydrogen) atoms. The molecule has 0 saturated carbocycles. The van der Waals surface area contributed by atoms with Gasteiger partial charge in [0.15, 0.2) is 0 Å². The highest BCUT2D eigenvalue weighted by atomic mass is 16.4. The lowest BCUT2D eigenvalue weighted by molar-refractivity contribution is -0.133. The molecule has 9 heteroatoms. The Hall–Kier alpha value is -2.49. The first-order valence-electron chi connectivity index (χ1n) is 8.05. The Bertz CT molecular complexity index is 428. The molecule has 0 amide bonds. The van der Waals surface area contributed by atoms with Crippen LogP contribution in [0.3, 0.4) is 0 Å². The van der Waals surface area contributed by atoms with Gasteiger partial charge in [-0.3, -0.25) is 0 Å². The zero-order chi connectivity index (χ0) is 23.7. The minimum atomic E-state index is -0.935. The highest BCUT2D eigenvalue weighted by Gasteiger charge is 2.31. The minimum absolute atomic E-state index is 0.0903. The lowest BCUT2D eigenvalue weighted by Crippen LogP contribution is -2.38. The van der Waals surface area contributed by atoms with E-state index in [0.717, 1.165) is 0 Å². The van der Waals surface area contributed by atoms with Crippen molar-refractivity contribution < 1.29 is 45.0 Å². The molecule has 0 aliphatic carbocycles. The topological polar surface area (TPSA) is 173 Å². The number of carbonyl (C=O) groups is 3. The normalized spacial score (nSPS) is 9.32. The Labute approximate surface area is 166 Å². The molecule has 0 rings (SSSR count). The van der Waals surface area contributed by atoms with Gasteiger partial charge in [-0.15, -0.1) is 0 Å². The Balaban J connectivity index is -0.000000142. The summed E-state index contributed by atoms with van der Waals surface area (Å²) < 4.78 is 0. The van der Waals surface area contributed by atoms with Crippen LogP contribution in [0.4, 0.5) is 0 Å². The van der Waals surface area contributed by atoms with E-state index in [4.69, 9.17) is 30.6 Å². The van der Waals surface area contributed by atoms with E-state index >= 15 is 0 Å². The summed E-state index contributed by atoms with van der Waals surface area (Å²) in [4.78, 5) is 28.8. The molecule has 0 aromatic carbocycles. The number of carboxylic acids is 3. The molecule has 0 radical (unpaired) electrons. The molecular formula is C19H34O9. The summed E-state index contributed by atoms with van der Waals surface area (Å²) in [5.41, 5.74) is -0.181.